The van der Waals surface area contributed by atoms with Crippen molar-refractivity contribution >= 4 is 21.9 Å². The van der Waals surface area contributed by atoms with Crippen LogP contribution in [0.25, 0.3) is 0 Å². The van der Waals surface area contributed by atoms with Gasteiger partial charge in [-0.1, -0.05) is 0 Å². The Labute approximate surface area is 118 Å². The van der Waals surface area contributed by atoms with Crippen molar-refractivity contribution < 1.29 is 27.9 Å². The van der Waals surface area contributed by atoms with Crippen LogP contribution in [0.5, 0.6) is 0 Å². The number of hydrogen-bond acceptors (Lipinski definition) is 5. The van der Waals surface area contributed by atoms with Crippen LogP contribution in [-0.4, -0.2) is 59.2 Å². The molecule has 1 atom stereocenters. The number of carbonyl (C=O) groups excluding carboxylic acids is 1. The quantitative estimate of drug-likeness (QED) is 0.772. The molecule has 0 aliphatic carbocycles. The van der Waals surface area contributed by atoms with Crippen LogP contribution in [0, 0.1) is 0 Å². The summed E-state index contributed by atoms with van der Waals surface area (Å²) in [5.41, 5.74) is -0.777. The summed E-state index contributed by atoms with van der Waals surface area (Å²) < 4.78 is 28.0. The monoisotopic (exact) mass is 307 g/mol. The first-order valence-corrected chi connectivity index (χ1v) is 7.87. The molecule has 0 aromatic carbocycles. The summed E-state index contributed by atoms with van der Waals surface area (Å²) in [6, 6.07) is -1.41. The lowest BCUT2D eigenvalue weighted by Crippen LogP contribution is -2.62. The lowest BCUT2D eigenvalue weighted by Gasteiger charge is -2.41. The average molecular weight is 307 g/mol. The van der Waals surface area contributed by atoms with E-state index in [-0.39, 0.29) is 6.54 Å². The highest BCUT2D eigenvalue weighted by molar-refractivity contribution is 7.92. The first kappa shape index (κ1) is 16.7. The largest absolute Gasteiger partial charge is 0.480 e. The molecule has 1 unspecified atom stereocenters. The highest BCUT2D eigenvalue weighted by atomic mass is 32.2. The van der Waals surface area contributed by atoms with Crippen LogP contribution in [-0.2, 0) is 19.4 Å². The summed E-state index contributed by atoms with van der Waals surface area (Å²) in [6.07, 6.45) is -0.812. The summed E-state index contributed by atoms with van der Waals surface area (Å²) >= 11 is 0. The third kappa shape index (κ3) is 3.41. The van der Waals surface area contributed by atoms with Crippen LogP contribution in [0.4, 0.5) is 4.79 Å². The first-order chi connectivity index (χ1) is 8.77. The van der Waals surface area contributed by atoms with Gasteiger partial charge in [0.25, 0.3) is 0 Å². The standard InChI is InChI=1S/C12H21NO6S/c1-11(2,3)19-10(16)13-7-12(4,5)20(17,18)6-8(13)9(14)15/h8H,6-7H2,1-5H3,(H,14,15). The van der Waals surface area contributed by atoms with Gasteiger partial charge < -0.3 is 9.84 Å². The molecule has 1 amide bonds. The van der Waals surface area contributed by atoms with Crippen molar-refractivity contribution in [2.24, 2.45) is 0 Å². The summed E-state index contributed by atoms with van der Waals surface area (Å²) in [4.78, 5) is 24.3. The van der Waals surface area contributed by atoms with Gasteiger partial charge in [-0.3, -0.25) is 4.90 Å². The number of carboxylic acids is 1. The van der Waals surface area contributed by atoms with Crippen LogP contribution >= 0.6 is 0 Å². The number of sulfone groups is 1. The number of rotatable bonds is 1. The van der Waals surface area contributed by atoms with Gasteiger partial charge in [0, 0.05) is 6.54 Å². The Kier molecular flexibility index (Phi) is 4.11. The van der Waals surface area contributed by atoms with E-state index >= 15 is 0 Å². The fourth-order valence-electron chi connectivity index (χ4n) is 1.86. The van der Waals surface area contributed by atoms with Crippen molar-refractivity contribution in [2.45, 2.75) is 51.0 Å². The molecule has 7 nitrogen and oxygen atoms in total. The normalized spacial score (nSPS) is 25.1. The maximum absolute atomic E-state index is 12.1. The van der Waals surface area contributed by atoms with Crippen molar-refractivity contribution in [1.82, 2.24) is 4.90 Å². The first-order valence-electron chi connectivity index (χ1n) is 6.21. The molecule has 0 radical (unpaired) electrons. The molecule has 116 valence electrons. The molecule has 0 spiro atoms. The van der Waals surface area contributed by atoms with Gasteiger partial charge in [0.2, 0.25) is 0 Å². The molecule has 1 aliphatic rings. The van der Waals surface area contributed by atoms with E-state index < -0.39 is 44.0 Å². The number of carboxylic acid groups (broad SMARTS) is 1. The zero-order chi connectivity index (χ0) is 15.9. The molecule has 1 aliphatic heterocycles. The minimum Gasteiger partial charge on any atom is -0.480 e. The van der Waals surface area contributed by atoms with E-state index in [0.29, 0.717) is 0 Å². The lowest BCUT2D eigenvalue weighted by molar-refractivity contribution is -0.142. The van der Waals surface area contributed by atoms with Crippen LogP contribution < -0.4 is 0 Å². The van der Waals surface area contributed by atoms with Gasteiger partial charge in [0.1, 0.15) is 11.6 Å². The number of ether oxygens (including phenoxy) is 1. The molecule has 1 heterocycles. The Bertz CT molecular complexity index is 517. The second kappa shape index (κ2) is 4.91. The molecule has 1 fully saturated rings. The van der Waals surface area contributed by atoms with Gasteiger partial charge in [0.05, 0.1) is 10.5 Å². The molecule has 0 bridgehead atoms. The van der Waals surface area contributed by atoms with E-state index in [1.807, 2.05) is 0 Å². The maximum Gasteiger partial charge on any atom is 0.411 e. The molecule has 1 rings (SSSR count). The summed E-state index contributed by atoms with van der Waals surface area (Å²) in [7, 11) is -3.60. The Hall–Kier alpha value is -1.31. The van der Waals surface area contributed by atoms with Gasteiger partial charge in [-0.05, 0) is 34.6 Å². The van der Waals surface area contributed by atoms with Crippen LogP contribution in [0.1, 0.15) is 34.6 Å². The van der Waals surface area contributed by atoms with Gasteiger partial charge in [-0.2, -0.15) is 0 Å². The van der Waals surface area contributed by atoms with Gasteiger partial charge in [-0.15, -0.1) is 0 Å². The molecule has 8 heteroatoms. The van der Waals surface area contributed by atoms with Crippen molar-refractivity contribution in [3.8, 4) is 0 Å². The molecule has 1 N–H and O–H groups in total. The van der Waals surface area contributed by atoms with Crippen molar-refractivity contribution in [3.05, 3.63) is 0 Å². The third-order valence-corrected chi connectivity index (χ3v) is 5.63. The molecular formula is C12H21NO6S. The fraction of sp³-hybridized carbons (Fsp3) is 0.833. The summed E-state index contributed by atoms with van der Waals surface area (Å²) in [6.45, 7) is 7.71. The third-order valence-electron chi connectivity index (χ3n) is 3.06. The number of aliphatic carboxylic acids is 1. The van der Waals surface area contributed by atoms with E-state index in [1.165, 1.54) is 13.8 Å². The zero-order valence-electron chi connectivity index (χ0n) is 12.3. The number of amides is 1. The predicted octanol–water partition coefficient (Wildman–Crippen LogP) is 0.884. The Morgan fingerprint density at radius 1 is 1.30 bits per heavy atom. The van der Waals surface area contributed by atoms with Gasteiger partial charge in [-0.25, -0.2) is 18.0 Å². The fourth-order valence-corrected chi connectivity index (χ4v) is 3.38. The van der Waals surface area contributed by atoms with Gasteiger partial charge >= 0.3 is 12.1 Å². The lowest BCUT2D eigenvalue weighted by atomic mass is 10.1. The van der Waals surface area contributed by atoms with Crippen molar-refractivity contribution in [2.75, 3.05) is 12.3 Å². The van der Waals surface area contributed by atoms with E-state index in [1.54, 1.807) is 20.8 Å². The topological polar surface area (TPSA) is 101 Å². The Balaban J connectivity index is 3.10. The maximum atomic E-state index is 12.1. The highest BCUT2D eigenvalue weighted by Crippen LogP contribution is 2.28. The highest BCUT2D eigenvalue weighted by Gasteiger charge is 2.49. The molecule has 0 aromatic heterocycles. The summed E-state index contributed by atoms with van der Waals surface area (Å²) in [5, 5.41) is 9.14. The molecular weight excluding hydrogens is 286 g/mol. The van der Waals surface area contributed by atoms with Crippen molar-refractivity contribution in [1.29, 1.82) is 0 Å². The average Bonchev–Trinajstić information content (AvgIpc) is 2.18. The molecule has 1 saturated heterocycles. The zero-order valence-corrected chi connectivity index (χ0v) is 13.2. The SMILES string of the molecule is CC(C)(C)OC(=O)N1CC(C)(C)S(=O)(=O)CC1C(=O)O. The second-order valence-corrected chi connectivity index (χ2v) is 9.17. The molecule has 0 saturated carbocycles. The molecule has 20 heavy (non-hydrogen) atoms. The van der Waals surface area contributed by atoms with Gasteiger partial charge in [0.15, 0.2) is 9.84 Å². The van der Waals surface area contributed by atoms with E-state index in [0.717, 1.165) is 4.90 Å². The van der Waals surface area contributed by atoms with E-state index in [4.69, 9.17) is 9.84 Å². The Morgan fingerprint density at radius 3 is 2.20 bits per heavy atom. The van der Waals surface area contributed by atoms with E-state index in [9.17, 15) is 18.0 Å². The predicted molar refractivity (Wildman–Crippen MR) is 72.2 cm³/mol. The molecule has 0 aromatic rings. The number of carbonyl (C=O) groups is 2. The minimum atomic E-state index is -3.60. The van der Waals surface area contributed by atoms with Crippen LogP contribution in [0.3, 0.4) is 0 Å². The Morgan fingerprint density at radius 2 is 1.80 bits per heavy atom. The van der Waals surface area contributed by atoms with E-state index in [2.05, 4.69) is 0 Å². The number of nitrogens with zero attached hydrogens (tertiary/aromatic N) is 1. The summed E-state index contributed by atoms with van der Waals surface area (Å²) in [5.74, 6) is -1.95. The second-order valence-electron chi connectivity index (χ2n) is 6.50. The van der Waals surface area contributed by atoms with Crippen LogP contribution in [0.15, 0.2) is 0 Å². The van der Waals surface area contributed by atoms with Crippen molar-refractivity contribution in [3.63, 3.8) is 0 Å². The minimum absolute atomic E-state index is 0.207. The smallest absolute Gasteiger partial charge is 0.411 e. The van der Waals surface area contributed by atoms with Crippen LogP contribution in [0.2, 0.25) is 0 Å². The number of hydrogen-bond donors (Lipinski definition) is 1.